The predicted molar refractivity (Wildman–Crippen MR) is 131 cm³/mol. The predicted octanol–water partition coefficient (Wildman–Crippen LogP) is 2.22. The Balaban J connectivity index is 1.81. The third kappa shape index (κ3) is 6.17. The number of carbonyl (C=O) groups is 3. The molecular weight excluding hydrogens is 432 g/mol. The smallest absolute Gasteiger partial charge is 0.161 e. The Labute approximate surface area is 199 Å². The number of hydrogen-bond donors (Lipinski definition) is 5. The molecule has 0 unspecified atom stereocenters. The number of H-pyrrole nitrogens is 1. The number of nitrogens with one attached hydrogen (secondary N) is 4. The van der Waals surface area contributed by atoms with Crippen LogP contribution in [0, 0.1) is 0 Å². The number of aromatic nitrogens is 1. The summed E-state index contributed by atoms with van der Waals surface area (Å²) in [6.45, 7) is 3.46. The second-order valence-electron chi connectivity index (χ2n) is 8.83. The molecule has 0 saturated heterocycles. The van der Waals surface area contributed by atoms with Gasteiger partial charge in [-0.25, -0.2) is 10.9 Å². The van der Waals surface area contributed by atoms with Crippen molar-refractivity contribution in [1.29, 1.82) is 0 Å². The van der Waals surface area contributed by atoms with Crippen molar-refractivity contribution in [2.45, 2.75) is 50.7 Å². The third-order valence-electron chi connectivity index (χ3n) is 6.17. The maximum Gasteiger partial charge on any atom is 0.161 e. The Morgan fingerprint density at radius 3 is 2.53 bits per heavy atom. The molecule has 34 heavy (non-hydrogen) atoms. The fraction of sp³-hybridized carbons (Fsp3) is 0.346. The van der Waals surface area contributed by atoms with E-state index in [1.807, 2.05) is 30.5 Å². The van der Waals surface area contributed by atoms with Crippen LogP contribution in [0.4, 0.5) is 0 Å². The van der Waals surface area contributed by atoms with E-state index in [1.165, 1.54) is 0 Å². The molecule has 5 N–H and O–H groups in total. The van der Waals surface area contributed by atoms with Crippen molar-refractivity contribution in [3.05, 3.63) is 65.9 Å². The summed E-state index contributed by atoms with van der Waals surface area (Å²) in [5.74, 6) is -0.322. The van der Waals surface area contributed by atoms with Crippen LogP contribution in [0.15, 0.2) is 54.7 Å². The van der Waals surface area contributed by atoms with Gasteiger partial charge in [0.2, 0.25) is 0 Å². The molecule has 8 nitrogen and oxygen atoms in total. The Morgan fingerprint density at radius 2 is 1.85 bits per heavy atom. The molecular formula is C26H32N4O4. The van der Waals surface area contributed by atoms with Crippen LogP contribution in [-0.4, -0.2) is 52.6 Å². The van der Waals surface area contributed by atoms with Crippen LogP contribution in [0.3, 0.4) is 0 Å². The van der Waals surface area contributed by atoms with Gasteiger partial charge in [-0.15, -0.1) is 0 Å². The molecule has 0 bridgehead atoms. The quantitative estimate of drug-likeness (QED) is 0.149. The van der Waals surface area contributed by atoms with Gasteiger partial charge in [0.1, 0.15) is 12.0 Å². The first-order chi connectivity index (χ1) is 16.3. The van der Waals surface area contributed by atoms with Crippen LogP contribution in [0.1, 0.15) is 31.4 Å². The maximum atomic E-state index is 13.4. The summed E-state index contributed by atoms with van der Waals surface area (Å²) in [6, 6.07) is 13.3. The van der Waals surface area contributed by atoms with Gasteiger partial charge in [0.05, 0.1) is 24.0 Å². The summed E-state index contributed by atoms with van der Waals surface area (Å²) in [5, 5.41) is 13.3. The van der Waals surface area contributed by atoms with Gasteiger partial charge in [-0.1, -0.05) is 30.3 Å². The van der Waals surface area contributed by atoms with Gasteiger partial charge < -0.3 is 20.2 Å². The topological polar surface area (TPSA) is 123 Å². The maximum absolute atomic E-state index is 13.4. The molecule has 0 radical (unpaired) electrons. The standard InChI is InChI=1S/C26H32N4O4/c1-17(27-3)24(33)13-25(34)26(2,14-19-15-28-23-7-5-4-6-22(19)23)30-29-20(16-31)12-18-8-10-21(32)11-9-18/h4-11,15-17,20,27-30,32H,12-14H2,1-3H3/t17-,20-,26-/m0/s1. The molecule has 0 fully saturated rings. The Morgan fingerprint density at radius 1 is 1.15 bits per heavy atom. The molecule has 0 aliphatic heterocycles. The van der Waals surface area contributed by atoms with E-state index in [0.29, 0.717) is 12.8 Å². The summed E-state index contributed by atoms with van der Waals surface area (Å²) in [7, 11) is 1.68. The number of phenols is 1. The minimum absolute atomic E-state index is 0.148. The fourth-order valence-electron chi connectivity index (χ4n) is 3.81. The molecule has 1 aromatic heterocycles. The van der Waals surface area contributed by atoms with E-state index < -0.39 is 17.6 Å². The molecule has 1 heterocycles. The summed E-state index contributed by atoms with van der Waals surface area (Å²) < 4.78 is 0. The molecule has 180 valence electrons. The van der Waals surface area contributed by atoms with Crippen molar-refractivity contribution >= 4 is 28.8 Å². The van der Waals surface area contributed by atoms with E-state index in [0.717, 1.165) is 28.3 Å². The second-order valence-corrected chi connectivity index (χ2v) is 8.83. The first kappa shape index (κ1) is 25.3. The highest BCUT2D eigenvalue weighted by molar-refractivity contribution is 6.05. The highest BCUT2D eigenvalue weighted by Gasteiger charge is 2.36. The molecule has 3 atom stereocenters. The number of para-hydroxylation sites is 1. The van der Waals surface area contributed by atoms with Gasteiger partial charge in [0.15, 0.2) is 11.6 Å². The average Bonchev–Trinajstić information content (AvgIpc) is 3.24. The van der Waals surface area contributed by atoms with E-state index in [2.05, 4.69) is 21.2 Å². The minimum atomic E-state index is -1.15. The number of fused-ring (bicyclic) bond motifs is 1. The van der Waals surface area contributed by atoms with E-state index in [1.54, 1.807) is 45.2 Å². The van der Waals surface area contributed by atoms with Crippen LogP contribution in [-0.2, 0) is 27.2 Å². The SMILES string of the molecule is CN[C@@H](C)C(=O)CC(=O)[C@](C)(Cc1c[nH]c2ccccc12)NN[C@H](C=O)Cc1ccc(O)cc1. The zero-order valence-corrected chi connectivity index (χ0v) is 19.7. The van der Waals surface area contributed by atoms with Gasteiger partial charge in [0, 0.05) is 23.5 Å². The molecule has 0 saturated carbocycles. The zero-order chi connectivity index (χ0) is 24.7. The normalized spacial score (nSPS) is 14.9. The van der Waals surface area contributed by atoms with E-state index >= 15 is 0 Å². The number of hydrazine groups is 1. The van der Waals surface area contributed by atoms with Crippen LogP contribution < -0.4 is 16.2 Å². The fourth-order valence-corrected chi connectivity index (χ4v) is 3.81. The van der Waals surface area contributed by atoms with Crippen molar-refractivity contribution in [2.24, 2.45) is 0 Å². The van der Waals surface area contributed by atoms with Crippen LogP contribution >= 0.6 is 0 Å². The largest absolute Gasteiger partial charge is 0.508 e. The first-order valence-corrected chi connectivity index (χ1v) is 11.3. The van der Waals surface area contributed by atoms with Gasteiger partial charge in [-0.05, 0) is 56.6 Å². The monoisotopic (exact) mass is 464 g/mol. The van der Waals surface area contributed by atoms with E-state index in [-0.39, 0.29) is 23.7 Å². The van der Waals surface area contributed by atoms with Crippen molar-refractivity contribution in [1.82, 2.24) is 21.2 Å². The number of ketones is 2. The summed E-state index contributed by atoms with van der Waals surface area (Å²) >= 11 is 0. The Bertz CT molecular complexity index is 1140. The number of likely N-dealkylation sites (N-methyl/N-ethyl adjacent to an activating group) is 1. The van der Waals surface area contributed by atoms with E-state index in [4.69, 9.17) is 0 Å². The number of phenolic OH excluding ortho intramolecular Hbond substituents is 1. The second kappa shape index (κ2) is 11.2. The number of benzene rings is 2. The molecule has 0 aliphatic rings. The molecule has 0 aliphatic carbocycles. The molecule has 2 aromatic carbocycles. The summed E-state index contributed by atoms with van der Waals surface area (Å²) in [4.78, 5) is 40.8. The van der Waals surface area contributed by atoms with Crippen molar-refractivity contribution in [2.75, 3.05) is 7.05 Å². The number of aromatic hydroxyl groups is 1. The summed E-state index contributed by atoms with van der Waals surface area (Å²) in [6.07, 6.45) is 3.08. The highest BCUT2D eigenvalue weighted by atomic mass is 16.3. The highest BCUT2D eigenvalue weighted by Crippen LogP contribution is 2.24. The molecule has 0 spiro atoms. The van der Waals surface area contributed by atoms with Crippen molar-refractivity contribution in [3.63, 3.8) is 0 Å². The van der Waals surface area contributed by atoms with Crippen LogP contribution in [0.5, 0.6) is 5.75 Å². The van der Waals surface area contributed by atoms with Crippen molar-refractivity contribution < 1.29 is 19.5 Å². The lowest BCUT2D eigenvalue weighted by Gasteiger charge is -2.31. The number of carbonyl (C=O) groups excluding carboxylic acids is 3. The Kier molecular flexibility index (Phi) is 8.33. The van der Waals surface area contributed by atoms with Crippen LogP contribution in [0.25, 0.3) is 10.9 Å². The van der Waals surface area contributed by atoms with E-state index in [9.17, 15) is 19.5 Å². The van der Waals surface area contributed by atoms with Gasteiger partial charge in [0.25, 0.3) is 0 Å². The average molecular weight is 465 g/mol. The molecule has 8 heteroatoms. The lowest BCUT2D eigenvalue weighted by molar-refractivity contribution is -0.132. The lowest BCUT2D eigenvalue weighted by Crippen LogP contribution is -2.60. The summed E-state index contributed by atoms with van der Waals surface area (Å²) in [5.41, 5.74) is 7.66. The number of hydrogen-bond acceptors (Lipinski definition) is 7. The Hall–Kier alpha value is -3.33. The van der Waals surface area contributed by atoms with Crippen molar-refractivity contribution in [3.8, 4) is 5.75 Å². The van der Waals surface area contributed by atoms with Gasteiger partial charge >= 0.3 is 0 Å². The zero-order valence-electron chi connectivity index (χ0n) is 19.7. The minimum Gasteiger partial charge on any atom is -0.508 e. The number of rotatable bonds is 13. The number of aldehydes is 1. The third-order valence-corrected chi connectivity index (χ3v) is 6.17. The lowest BCUT2D eigenvalue weighted by atomic mass is 9.86. The van der Waals surface area contributed by atoms with Crippen LogP contribution in [0.2, 0.25) is 0 Å². The molecule has 3 aromatic rings. The molecule has 0 amide bonds. The molecule has 3 rings (SSSR count). The number of Topliss-reactive ketones (excluding diaryl/α,β-unsaturated/α-hetero) is 2. The van der Waals surface area contributed by atoms with Gasteiger partial charge in [-0.3, -0.25) is 9.59 Å². The first-order valence-electron chi connectivity index (χ1n) is 11.3. The number of aromatic amines is 1. The van der Waals surface area contributed by atoms with Gasteiger partial charge in [-0.2, -0.15) is 0 Å².